The van der Waals surface area contributed by atoms with Crippen LogP contribution in [0.4, 0.5) is 0 Å². The minimum Gasteiger partial charge on any atom is -0.460 e. The van der Waals surface area contributed by atoms with E-state index < -0.39 is 0 Å². The Morgan fingerprint density at radius 3 is 2.79 bits per heavy atom. The number of aryl methyl sites for hydroxylation is 1. The molecule has 0 spiro atoms. The van der Waals surface area contributed by atoms with Crippen LogP contribution in [-0.4, -0.2) is 4.98 Å². The van der Waals surface area contributed by atoms with E-state index in [2.05, 4.69) is 4.98 Å². The molecule has 0 saturated carbocycles. The molecule has 0 aliphatic heterocycles. The van der Waals surface area contributed by atoms with Crippen LogP contribution in [0.25, 0.3) is 11.5 Å². The molecular weight excluding hydrogens is 196 g/mol. The predicted octanol–water partition coefficient (Wildman–Crippen LogP) is 2.73. The Kier molecular flexibility index (Phi) is 2.39. The first-order valence-electron chi connectivity index (χ1n) is 4.44. The van der Waals surface area contributed by atoms with Gasteiger partial charge in [0.2, 0.25) is 0 Å². The molecule has 0 fully saturated rings. The van der Waals surface area contributed by atoms with Crippen LogP contribution >= 0.6 is 11.3 Å². The van der Waals surface area contributed by atoms with E-state index in [1.807, 2.05) is 31.4 Å². The van der Waals surface area contributed by atoms with Crippen molar-refractivity contribution in [3.8, 4) is 11.5 Å². The average Bonchev–Trinajstić information content (AvgIpc) is 2.70. The van der Waals surface area contributed by atoms with Gasteiger partial charge in [0.1, 0.15) is 16.5 Å². The largest absolute Gasteiger partial charge is 0.460 e. The fourth-order valence-corrected chi connectivity index (χ4v) is 1.95. The van der Waals surface area contributed by atoms with Gasteiger partial charge in [-0.25, -0.2) is 4.98 Å². The zero-order valence-electron chi connectivity index (χ0n) is 8.15. The Labute approximate surface area is 86.6 Å². The van der Waals surface area contributed by atoms with Crippen molar-refractivity contribution < 1.29 is 4.42 Å². The summed E-state index contributed by atoms with van der Waals surface area (Å²) in [5, 5.41) is 2.91. The van der Waals surface area contributed by atoms with E-state index in [0.29, 0.717) is 0 Å². The topological polar surface area (TPSA) is 52.0 Å². The van der Waals surface area contributed by atoms with E-state index in [1.54, 1.807) is 11.3 Å². The van der Waals surface area contributed by atoms with Crippen LogP contribution in [0.1, 0.15) is 23.7 Å². The SMILES string of the molecule is Cc1ccc(-c2csc(C(C)N)n2)o1. The Hall–Kier alpha value is -1.13. The van der Waals surface area contributed by atoms with E-state index >= 15 is 0 Å². The Balaban J connectivity index is 2.33. The van der Waals surface area contributed by atoms with Crippen molar-refractivity contribution in [1.29, 1.82) is 0 Å². The van der Waals surface area contributed by atoms with E-state index in [-0.39, 0.29) is 6.04 Å². The third-order valence-electron chi connectivity index (χ3n) is 1.90. The normalized spacial score (nSPS) is 13.1. The summed E-state index contributed by atoms with van der Waals surface area (Å²) in [5.74, 6) is 1.71. The molecule has 0 bridgehead atoms. The summed E-state index contributed by atoms with van der Waals surface area (Å²) < 4.78 is 5.47. The number of thiazole rings is 1. The van der Waals surface area contributed by atoms with Crippen molar-refractivity contribution in [2.45, 2.75) is 19.9 Å². The lowest BCUT2D eigenvalue weighted by molar-refractivity contribution is 0.546. The fourth-order valence-electron chi connectivity index (χ4n) is 1.18. The van der Waals surface area contributed by atoms with Crippen LogP contribution in [-0.2, 0) is 0 Å². The maximum Gasteiger partial charge on any atom is 0.153 e. The molecule has 3 nitrogen and oxygen atoms in total. The number of nitrogens with zero attached hydrogens (tertiary/aromatic N) is 1. The highest BCUT2D eigenvalue weighted by molar-refractivity contribution is 7.10. The summed E-state index contributed by atoms with van der Waals surface area (Å²) >= 11 is 1.57. The molecule has 0 aliphatic carbocycles. The molecular formula is C10H12N2OS. The molecule has 2 N–H and O–H groups in total. The lowest BCUT2D eigenvalue weighted by atomic mass is 10.3. The van der Waals surface area contributed by atoms with Crippen molar-refractivity contribution in [2.75, 3.05) is 0 Å². The zero-order valence-corrected chi connectivity index (χ0v) is 8.97. The Bertz CT molecular complexity index is 431. The minimum absolute atomic E-state index is 0.00944. The molecule has 1 unspecified atom stereocenters. The molecule has 0 aromatic carbocycles. The summed E-state index contributed by atoms with van der Waals surface area (Å²) in [5.41, 5.74) is 6.60. The lowest BCUT2D eigenvalue weighted by Crippen LogP contribution is -2.03. The number of aromatic nitrogens is 1. The van der Waals surface area contributed by atoms with Crippen molar-refractivity contribution in [1.82, 2.24) is 4.98 Å². The third-order valence-corrected chi connectivity index (χ3v) is 2.95. The summed E-state index contributed by atoms with van der Waals surface area (Å²) in [7, 11) is 0. The molecule has 0 aliphatic rings. The van der Waals surface area contributed by atoms with Gasteiger partial charge in [-0.05, 0) is 26.0 Å². The van der Waals surface area contributed by atoms with E-state index in [1.165, 1.54) is 0 Å². The molecule has 0 saturated heterocycles. The first kappa shape index (κ1) is 9.43. The highest BCUT2D eigenvalue weighted by atomic mass is 32.1. The quantitative estimate of drug-likeness (QED) is 0.825. The van der Waals surface area contributed by atoms with Gasteiger partial charge in [0, 0.05) is 5.38 Å². The molecule has 2 aromatic rings. The second kappa shape index (κ2) is 3.55. The van der Waals surface area contributed by atoms with Crippen LogP contribution < -0.4 is 5.73 Å². The Morgan fingerprint density at radius 1 is 1.50 bits per heavy atom. The monoisotopic (exact) mass is 208 g/mol. The Morgan fingerprint density at radius 2 is 2.29 bits per heavy atom. The average molecular weight is 208 g/mol. The third kappa shape index (κ3) is 1.71. The van der Waals surface area contributed by atoms with Crippen molar-refractivity contribution in [2.24, 2.45) is 5.73 Å². The molecule has 2 rings (SSSR count). The van der Waals surface area contributed by atoms with E-state index in [9.17, 15) is 0 Å². The van der Waals surface area contributed by atoms with Crippen LogP contribution in [0, 0.1) is 6.92 Å². The van der Waals surface area contributed by atoms with Gasteiger partial charge in [0.15, 0.2) is 5.76 Å². The van der Waals surface area contributed by atoms with Gasteiger partial charge in [0.25, 0.3) is 0 Å². The second-order valence-electron chi connectivity index (χ2n) is 3.27. The summed E-state index contributed by atoms with van der Waals surface area (Å²) in [6.07, 6.45) is 0. The van der Waals surface area contributed by atoms with Crippen LogP contribution in [0.5, 0.6) is 0 Å². The summed E-state index contributed by atoms with van der Waals surface area (Å²) in [4.78, 5) is 4.39. The van der Waals surface area contributed by atoms with E-state index in [4.69, 9.17) is 10.2 Å². The smallest absolute Gasteiger partial charge is 0.153 e. The zero-order chi connectivity index (χ0) is 10.1. The molecule has 14 heavy (non-hydrogen) atoms. The molecule has 2 heterocycles. The van der Waals surface area contributed by atoms with Gasteiger partial charge in [-0.1, -0.05) is 0 Å². The summed E-state index contributed by atoms with van der Waals surface area (Å²) in [6.45, 7) is 3.85. The molecule has 0 amide bonds. The molecule has 0 radical (unpaired) electrons. The standard InChI is InChI=1S/C10H12N2OS/c1-6-3-4-9(13-6)8-5-14-10(12-8)7(2)11/h3-5,7H,11H2,1-2H3. The summed E-state index contributed by atoms with van der Waals surface area (Å²) in [6, 6.07) is 3.85. The molecule has 4 heteroatoms. The van der Waals surface area contributed by atoms with Gasteiger partial charge < -0.3 is 10.2 Å². The van der Waals surface area contributed by atoms with Gasteiger partial charge in [-0.3, -0.25) is 0 Å². The number of hydrogen-bond donors (Lipinski definition) is 1. The van der Waals surface area contributed by atoms with Gasteiger partial charge in [0.05, 0.1) is 6.04 Å². The van der Waals surface area contributed by atoms with Crippen molar-refractivity contribution in [3.05, 3.63) is 28.3 Å². The second-order valence-corrected chi connectivity index (χ2v) is 4.16. The maximum atomic E-state index is 5.73. The van der Waals surface area contributed by atoms with Crippen LogP contribution in [0.2, 0.25) is 0 Å². The minimum atomic E-state index is -0.00944. The van der Waals surface area contributed by atoms with Gasteiger partial charge >= 0.3 is 0 Å². The lowest BCUT2D eigenvalue weighted by Gasteiger charge is -1.96. The highest BCUT2D eigenvalue weighted by Crippen LogP contribution is 2.25. The van der Waals surface area contributed by atoms with Crippen molar-refractivity contribution in [3.63, 3.8) is 0 Å². The van der Waals surface area contributed by atoms with Crippen LogP contribution in [0.15, 0.2) is 21.9 Å². The predicted molar refractivity (Wildman–Crippen MR) is 57.2 cm³/mol. The van der Waals surface area contributed by atoms with Gasteiger partial charge in [-0.15, -0.1) is 11.3 Å². The molecule has 1 atom stereocenters. The highest BCUT2D eigenvalue weighted by Gasteiger charge is 2.09. The number of furan rings is 1. The first-order chi connectivity index (χ1) is 6.66. The van der Waals surface area contributed by atoms with Gasteiger partial charge in [-0.2, -0.15) is 0 Å². The number of nitrogens with two attached hydrogens (primary N) is 1. The fraction of sp³-hybridized carbons (Fsp3) is 0.300. The number of hydrogen-bond acceptors (Lipinski definition) is 4. The maximum absolute atomic E-state index is 5.73. The van der Waals surface area contributed by atoms with Crippen LogP contribution in [0.3, 0.4) is 0 Å². The number of rotatable bonds is 2. The first-order valence-corrected chi connectivity index (χ1v) is 5.32. The van der Waals surface area contributed by atoms with E-state index in [0.717, 1.165) is 22.2 Å². The molecule has 74 valence electrons. The molecule has 2 aromatic heterocycles. The van der Waals surface area contributed by atoms with Crippen molar-refractivity contribution >= 4 is 11.3 Å².